The topological polar surface area (TPSA) is 165 Å². The Morgan fingerprint density at radius 1 is 1.12 bits per heavy atom. The smallest absolute Gasteiger partial charge is 0.316 e. The lowest BCUT2D eigenvalue weighted by molar-refractivity contribution is -0.205. The number of sulfonamides is 1. The Bertz CT molecular complexity index is 1960. The van der Waals surface area contributed by atoms with Crippen molar-refractivity contribution in [1.29, 1.82) is 0 Å². The Morgan fingerprint density at radius 2 is 1.81 bits per heavy atom. The van der Waals surface area contributed by atoms with Gasteiger partial charge >= 0.3 is 5.97 Å². The number of amides is 1. The summed E-state index contributed by atoms with van der Waals surface area (Å²) in [6.45, 7) is 14.1. The molecule has 2 bridgehead atoms. The number of carbonyl (C=O) groups excluding carboxylic acids is 3. The number of hydrogen-bond donors (Lipinski definition) is 3. The van der Waals surface area contributed by atoms with Crippen molar-refractivity contribution >= 4 is 51.0 Å². The summed E-state index contributed by atoms with van der Waals surface area (Å²) in [6, 6.07) is 14.0. The Balaban J connectivity index is 1.09. The minimum Gasteiger partial charge on any atom is -0.461 e. The lowest BCUT2D eigenvalue weighted by atomic mass is 9.44. The normalized spacial score (nSPS) is 31.5. The molecule has 11 nitrogen and oxygen atoms in total. The number of carbonyl (C=O) groups is 3. The molecule has 0 spiro atoms. The fourth-order valence-electron chi connectivity index (χ4n) is 9.07. The minimum atomic E-state index is -3.90. The van der Waals surface area contributed by atoms with Gasteiger partial charge in [0.2, 0.25) is 0 Å². The highest BCUT2D eigenvalue weighted by Gasteiger charge is 2.68. The second-order valence-corrected chi connectivity index (χ2v) is 18.0. The number of esters is 1. The number of hydrogen-bond acceptors (Lipinski definition) is 10. The standard InChI is InChI=1S/C39H47N3O8S2/c1-7-37(5)21-31(38(6)23(2)16-18-39(25(4)35(37)45)19-17-30(43)34(38)39)49-33(44)22-51-28-12-8-26(9-13-28)36(46)40-27-10-14-29(15-11-27)52(47,48)42-32-20-24(3)50-41-32/h7-15,20,23,25,31,34-35,45H,1,16-19,21-22H2,2-6H3,(H,40,46)(H,41,42)/t23-,25+,31-,34+,35+,37-,38+,39+/m1/s1. The summed E-state index contributed by atoms with van der Waals surface area (Å²) in [7, 11) is -3.90. The van der Waals surface area contributed by atoms with Gasteiger partial charge in [0.25, 0.3) is 15.9 Å². The van der Waals surface area contributed by atoms with Crippen LogP contribution in [0.2, 0.25) is 0 Å². The molecule has 3 fully saturated rings. The van der Waals surface area contributed by atoms with E-state index in [0.29, 0.717) is 29.9 Å². The molecule has 52 heavy (non-hydrogen) atoms. The van der Waals surface area contributed by atoms with Crippen molar-refractivity contribution in [1.82, 2.24) is 5.16 Å². The number of aryl methyl sites for hydroxylation is 1. The second kappa shape index (κ2) is 14.1. The zero-order valence-electron chi connectivity index (χ0n) is 30.2. The average molecular weight is 750 g/mol. The Labute approximate surface area is 309 Å². The molecule has 3 N–H and O–H groups in total. The first-order valence-corrected chi connectivity index (χ1v) is 20.1. The van der Waals surface area contributed by atoms with Gasteiger partial charge < -0.3 is 19.7 Å². The molecule has 13 heteroatoms. The molecular weight excluding hydrogens is 703 g/mol. The Hall–Kier alpha value is -3.94. The van der Waals surface area contributed by atoms with Gasteiger partial charge in [-0.25, -0.2) is 8.42 Å². The van der Waals surface area contributed by atoms with Gasteiger partial charge in [-0.15, -0.1) is 18.3 Å². The number of nitrogens with zero attached hydrogens (tertiary/aromatic N) is 1. The molecule has 0 saturated heterocycles. The van der Waals surface area contributed by atoms with Crippen molar-refractivity contribution in [2.24, 2.45) is 34.0 Å². The van der Waals surface area contributed by atoms with Crippen LogP contribution in [0.1, 0.15) is 75.9 Å². The van der Waals surface area contributed by atoms with Crippen LogP contribution in [0.5, 0.6) is 0 Å². The monoisotopic (exact) mass is 749 g/mol. The molecule has 2 aromatic carbocycles. The number of anilines is 2. The first-order chi connectivity index (χ1) is 24.5. The number of aliphatic hydroxyl groups is 1. The van der Waals surface area contributed by atoms with Gasteiger partial charge in [-0.05, 0) is 98.4 Å². The molecule has 0 aliphatic heterocycles. The maximum absolute atomic E-state index is 13.6. The second-order valence-electron chi connectivity index (χ2n) is 15.3. The predicted molar refractivity (Wildman–Crippen MR) is 198 cm³/mol. The van der Waals surface area contributed by atoms with E-state index in [2.05, 4.69) is 42.5 Å². The van der Waals surface area contributed by atoms with E-state index in [1.807, 2.05) is 6.92 Å². The number of rotatable bonds is 10. The molecule has 3 aromatic rings. The van der Waals surface area contributed by atoms with E-state index in [9.17, 15) is 27.9 Å². The maximum Gasteiger partial charge on any atom is 0.316 e. The lowest BCUT2D eigenvalue weighted by Crippen LogP contribution is -2.63. The summed E-state index contributed by atoms with van der Waals surface area (Å²) in [5, 5.41) is 18.1. The maximum atomic E-state index is 13.6. The highest BCUT2D eigenvalue weighted by Crippen LogP contribution is 2.68. The highest BCUT2D eigenvalue weighted by molar-refractivity contribution is 8.00. The molecule has 0 unspecified atom stereocenters. The fraction of sp³-hybridized carbons (Fsp3) is 0.487. The van der Waals surface area contributed by atoms with Crippen LogP contribution in [0.3, 0.4) is 0 Å². The molecule has 8 atom stereocenters. The molecular formula is C39H47N3O8S2. The number of Topliss-reactive ketones (excluding diaryl/α,β-unsaturated/α-hetero) is 1. The van der Waals surface area contributed by atoms with Crippen LogP contribution in [0.15, 0.2) is 81.6 Å². The van der Waals surface area contributed by atoms with Crippen LogP contribution in [0.4, 0.5) is 11.5 Å². The molecule has 1 aromatic heterocycles. The number of thioether (sulfide) groups is 1. The van der Waals surface area contributed by atoms with Crippen LogP contribution >= 0.6 is 11.8 Å². The molecule has 6 rings (SSSR count). The first-order valence-electron chi connectivity index (χ1n) is 17.7. The lowest BCUT2D eigenvalue weighted by Gasteiger charge is -2.61. The third kappa shape index (κ3) is 6.82. The molecule has 1 amide bonds. The summed E-state index contributed by atoms with van der Waals surface area (Å²) in [4.78, 5) is 40.9. The molecule has 3 aliphatic rings. The summed E-state index contributed by atoms with van der Waals surface area (Å²) in [5.74, 6) is -0.258. The van der Waals surface area contributed by atoms with Crippen LogP contribution in [0.25, 0.3) is 0 Å². The first kappa shape index (κ1) is 37.8. The van der Waals surface area contributed by atoms with E-state index in [-0.39, 0.29) is 51.3 Å². The highest BCUT2D eigenvalue weighted by atomic mass is 32.2. The van der Waals surface area contributed by atoms with E-state index in [4.69, 9.17) is 9.26 Å². The van der Waals surface area contributed by atoms with Crippen LogP contribution in [-0.4, -0.2) is 54.3 Å². The number of aromatic nitrogens is 1. The Morgan fingerprint density at radius 3 is 2.44 bits per heavy atom. The van der Waals surface area contributed by atoms with Crippen molar-refractivity contribution in [2.45, 2.75) is 88.7 Å². The van der Waals surface area contributed by atoms with E-state index in [1.165, 1.54) is 42.1 Å². The van der Waals surface area contributed by atoms with Crippen LogP contribution in [-0.2, 0) is 24.3 Å². The molecule has 0 radical (unpaired) electrons. The van der Waals surface area contributed by atoms with E-state index < -0.39 is 39.0 Å². The number of ether oxygens (including phenoxy) is 1. The zero-order valence-corrected chi connectivity index (χ0v) is 31.8. The van der Waals surface area contributed by atoms with E-state index in [0.717, 1.165) is 24.2 Å². The van der Waals surface area contributed by atoms with Crippen molar-refractivity contribution in [3.05, 3.63) is 78.6 Å². The number of nitrogens with one attached hydrogen (secondary N) is 2. The molecule has 278 valence electrons. The van der Waals surface area contributed by atoms with Gasteiger partial charge in [0.05, 0.1) is 16.8 Å². The van der Waals surface area contributed by atoms with Gasteiger partial charge in [0.1, 0.15) is 17.6 Å². The predicted octanol–water partition coefficient (Wildman–Crippen LogP) is 7.03. The van der Waals surface area contributed by atoms with Gasteiger partial charge in [-0.3, -0.25) is 19.1 Å². The van der Waals surface area contributed by atoms with Crippen LogP contribution < -0.4 is 10.0 Å². The summed E-state index contributed by atoms with van der Waals surface area (Å²) in [5.41, 5.74) is -0.840. The average Bonchev–Trinajstić information content (AvgIpc) is 3.70. The number of benzene rings is 2. The summed E-state index contributed by atoms with van der Waals surface area (Å²) in [6.07, 6.45) is 3.86. The number of ketones is 1. The third-order valence-corrected chi connectivity index (χ3v) is 14.7. The number of aliphatic hydroxyl groups excluding tert-OH is 1. The third-order valence-electron chi connectivity index (χ3n) is 12.3. The Kier molecular flexibility index (Phi) is 10.3. The quantitative estimate of drug-likeness (QED) is 0.111. The van der Waals surface area contributed by atoms with E-state index >= 15 is 0 Å². The molecule has 3 aliphatic carbocycles. The van der Waals surface area contributed by atoms with E-state index in [1.54, 1.807) is 37.3 Å². The van der Waals surface area contributed by atoms with Crippen molar-refractivity contribution in [3.63, 3.8) is 0 Å². The van der Waals surface area contributed by atoms with Crippen molar-refractivity contribution in [2.75, 3.05) is 15.8 Å². The SMILES string of the molecule is C=C[C@]1(C)C[C@@H](OC(=O)CSc2ccc(C(=O)Nc3ccc(S(=O)(=O)Nc4cc(C)on4)cc3)cc2)[C@]2(C)[C@H](C)CC[C@]3(CCC(=O)[C@H]32)[C@@H](C)[C@@H]1O. The van der Waals surface area contributed by atoms with Gasteiger partial charge in [-0.2, -0.15) is 0 Å². The zero-order chi connectivity index (χ0) is 37.6. The van der Waals surface area contributed by atoms with Crippen molar-refractivity contribution < 1.29 is 37.2 Å². The van der Waals surface area contributed by atoms with Gasteiger partial charge in [0, 0.05) is 45.4 Å². The van der Waals surface area contributed by atoms with Crippen molar-refractivity contribution in [3.8, 4) is 0 Å². The summed E-state index contributed by atoms with van der Waals surface area (Å²) < 4.78 is 38.9. The largest absolute Gasteiger partial charge is 0.461 e. The fourth-order valence-corrected chi connectivity index (χ4v) is 10.7. The van der Waals surface area contributed by atoms with Gasteiger partial charge in [-0.1, -0.05) is 38.9 Å². The van der Waals surface area contributed by atoms with Crippen LogP contribution in [0, 0.1) is 40.9 Å². The summed E-state index contributed by atoms with van der Waals surface area (Å²) >= 11 is 1.29. The van der Waals surface area contributed by atoms with Gasteiger partial charge in [0.15, 0.2) is 5.82 Å². The minimum absolute atomic E-state index is 0.00925. The molecule has 1 heterocycles. The molecule has 3 saturated carbocycles.